The Morgan fingerprint density at radius 2 is 2.05 bits per heavy atom. The summed E-state index contributed by atoms with van der Waals surface area (Å²) < 4.78 is 6.25. The van der Waals surface area contributed by atoms with Gasteiger partial charge in [0.2, 0.25) is 0 Å². The molecule has 0 radical (unpaired) electrons. The van der Waals surface area contributed by atoms with Crippen LogP contribution >= 0.6 is 15.9 Å². The molecule has 0 saturated heterocycles. The third-order valence-electron chi connectivity index (χ3n) is 3.01. The molecule has 1 aromatic heterocycles. The Labute approximate surface area is 122 Å². The van der Waals surface area contributed by atoms with Crippen molar-refractivity contribution in [2.45, 2.75) is 19.4 Å². The number of aromatic nitrogens is 1. The largest absolute Gasteiger partial charge is 0.496 e. The molecular formula is C15H17BrN2O. The van der Waals surface area contributed by atoms with Gasteiger partial charge >= 0.3 is 0 Å². The van der Waals surface area contributed by atoms with Crippen molar-refractivity contribution >= 4 is 21.6 Å². The fraction of sp³-hybridized carbons (Fsp3) is 0.267. The Morgan fingerprint density at radius 1 is 1.26 bits per heavy atom. The summed E-state index contributed by atoms with van der Waals surface area (Å²) in [7, 11) is 1.70. The van der Waals surface area contributed by atoms with E-state index in [1.165, 1.54) is 0 Å². The van der Waals surface area contributed by atoms with Crippen LogP contribution in [-0.2, 0) is 0 Å². The molecule has 19 heavy (non-hydrogen) atoms. The van der Waals surface area contributed by atoms with Crippen LogP contribution in [-0.4, -0.2) is 12.1 Å². The summed E-state index contributed by atoms with van der Waals surface area (Å²) in [6.07, 6.45) is 2.72. The second kappa shape index (κ2) is 6.57. The van der Waals surface area contributed by atoms with Crippen LogP contribution in [0.4, 0.5) is 5.69 Å². The summed E-state index contributed by atoms with van der Waals surface area (Å²) in [5.41, 5.74) is 2.14. The van der Waals surface area contributed by atoms with E-state index in [-0.39, 0.29) is 6.04 Å². The van der Waals surface area contributed by atoms with E-state index in [1.54, 1.807) is 13.3 Å². The number of hydrogen-bond acceptors (Lipinski definition) is 3. The van der Waals surface area contributed by atoms with Crippen LogP contribution in [0.25, 0.3) is 0 Å². The molecule has 3 nitrogen and oxygen atoms in total. The highest BCUT2D eigenvalue weighted by Crippen LogP contribution is 2.31. The summed E-state index contributed by atoms with van der Waals surface area (Å²) in [6, 6.07) is 12.2. The summed E-state index contributed by atoms with van der Waals surface area (Å²) in [4.78, 5) is 4.23. The predicted molar refractivity (Wildman–Crippen MR) is 81.6 cm³/mol. The van der Waals surface area contributed by atoms with Crippen LogP contribution in [0.2, 0.25) is 0 Å². The van der Waals surface area contributed by atoms with Crippen LogP contribution < -0.4 is 10.1 Å². The van der Waals surface area contributed by atoms with E-state index in [0.717, 1.165) is 28.0 Å². The van der Waals surface area contributed by atoms with Gasteiger partial charge in [0.25, 0.3) is 0 Å². The van der Waals surface area contributed by atoms with E-state index in [1.807, 2.05) is 30.3 Å². The quantitative estimate of drug-likeness (QED) is 0.828. The Hall–Kier alpha value is -1.55. The second-order valence-electron chi connectivity index (χ2n) is 4.19. The number of anilines is 1. The number of halogens is 1. The molecule has 1 atom stereocenters. The van der Waals surface area contributed by atoms with Crippen molar-refractivity contribution < 1.29 is 4.74 Å². The third kappa shape index (κ3) is 3.26. The maximum absolute atomic E-state index is 5.43. The Morgan fingerprint density at radius 3 is 2.74 bits per heavy atom. The molecule has 4 heteroatoms. The molecule has 0 spiro atoms. The third-order valence-corrected chi connectivity index (χ3v) is 3.64. The zero-order chi connectivity index (χ0) is 13.7. The van der Waals surface area contributed by atoms with Crippen LogP contribution in [0.5, 0.6) is 5.75 Å². The van der Waals surface area contributed by atoms with Gasteiger partial charge in [0, 0.05) is 11.8 Å². The molecule has 1 N–H and O–H groups in total. The van der Waals surface area contributed by atoms with Crippen molar-refractivity contribution in [1.82, 2.24) is 4.98 Å². The van der Waals surface area contributed by atoms with Crippen molar-refractivity contribution in [3.05, 3.63) is 52.8 Å². The van der Waals surface area contributed by atoms with E-state index < -0.39 is 0 Å². The number of para-hydroxylation sites is 1. The SMILES string of the molecule is CCC(Nc1cccnc1Br)c1ccccc1OC. The number of benzene rings is 1. The van der Waals surface area contributed by atoms with Crippen LogP contribution in [0, 0.1) is 0 Å². The van der Waals surface area contributed by atoms with Gasteiger partial charge in [-0.15, -0.1) is 0 Å². The Kier molecular flexibility index (Phi) is 4.80. The highest BCUT2D eigenvalue weighted by molar-refractivity contribution is 9.10. The number of hydrogen-bond donors (Lipinski definition) is 1. The fourth-order valence-electron chi connectivity index (χ4n) is 2.04. The van der Waals surface area contributed by atoms with Gasteiger partial charge in [-0.2, -0.15) is 0 Å². The van der Waals surface area contributed by atoms with Crippen molar-refractivity contribution in [2.24, 2.45) is 0 Å². The van der Waals surface area contributed by atoms with E-state index in [0.29, 0.717) is 0 Å². The standard InChI is InChI=1S/C15H17BrN2O/c1-3-12(11-7-4-5-9-14(11)19-2)18-13-8-6-10-17-15(13)16/h4-10,12,18H,3H2,1-2H3. The maximum Gasteiger partial charge on any atom is 0.129 e. The van der Waals surface area contributed by atoms with E-state index in [2.05, 4.69) is 39.2 Å². The minimum absolute atomic E-state index is 0.191. The molecule has 0 fully saturated rings. The lowest BCUT2D eigenvalue weighted by Crippen LogP contribution is -2.11. The number of methoxy groups -OCH3 is 1. The Balaban J connectivity index is 2.28. The molecular weight excluding hydrogens is 304 g/mol. The molecule has 1 aromatic carbocycles. The zero-order valence-electron chi connectivity index (χ0n) is 11.1. The first-order valence-electron chi connectivity index (χ1n) is 6.26. The summed E-state index contributed by atoms with van der Waals surface area (Å²) in [5.74, 6) is 0.905. The average Bonchev–Trinajstić information content (AvgIpc) is 2.46. The summed E-state index contributed by atoms with van der Waals surface area (Å²) in [6.45, 7) is 2.15. The molecule has 0 bridgehead atoms. The fourth-order valence-corrected chi connectivity index (χ4v) is 2.40. The molecule has 0 aliphatic rings. The topological polar surface area (TPSA) is 34.2 Å². The summed E-state index contributed by atoms with van der Waals surface area (Å²) >= 11 is 3.46. The lowest BCUT2D eigenvalue weighted by Gasteiger charge is -2.21. The lowest BCUT2D eigenvalue weighted by atomic mass is 10.0. The summed E-state index contributed by atoms with van der Waals surface area (Å²) in [5, 5.41) is 3.50. The van der Waals surface area contributed by atoms with Crippen molar-refractivity contribution in [3.8, 4) is 5.75 Å². The predicted octanol–water partition coefficient (Wildman–Crippen LogP) is 4.42. The zero-order valence-corrected chi connectivity index (χ0v) is 12.6. The van der Waals surface area contributed by atoms with Crippen molar-refractivity contribution in [1.29, 1.82) is 0 Å². The average molecular weight is 321 g/mol. The van der Waals surface area contributed by atoms with Crippen molar-refractivity contribution in [3.63, 3.8) is 0 Å². The van der Waals surface area contributed by atoms with Gasteiger partial charge in [-0.3, -0.25) is 0 Å². The van der Waals surface area contributed by atoms with Crippen LogP contribution in [0.15, 0.2) is 47.2 Å². The first-order chi connectivity index (χ1) is 9.26. The van der Waals surface area contributed by atoms with E-state index in [4.69, 9.17) is 4.74 Å². The van der Waals surface area contributed by atoms with Crippen molar-refractivity contribution in [2.75, 3.05) is 12.4 Å². The van der Waals surface area contributed by atoms with Gasteiger partial charge in [0.15, 0.2) is 0 Å². The normalized spacial score (nSPS) is 11.9. The van der Waals surface area contributed by atoms with Gasteiger partial charge < -0.3 is 10.1 Å². The number of nitrogens with one attached hydrogen (secondary N) is 1. The first-order valence-corrected chi connectivity index (χ1v) is 7.05. The molecule has 0 aliphatic carbocycles. The molecule has 2 aromatic rings. The van der Waals surface area contributed by atoms with Crippen LogP contribution in [0.1, 0.15) is 24.9 Å². The number of pyridine rings is 1. The molecule has 0 saturated carbocycles. The number of ether oxygens (including phenoxy) is 1. The minimum atomic E-state index is 0.191. The van der Waals surface area contributed by atoms with E-state index in [9.17, 15) is 0 Å². The Bertz CT molecular complexity index is 545. The molecule has 0 amide bonds. The molecule has 1 heterocycles. The van der Waals surface area contributed by atoms with Gasteiger partial charge in [0.1, 0.15) is 10.4 Å². The van der Waals surface area contributed by atoms with Crippen LogP contribution in [0.3, 0.4) is 0 Å². The molecule has 0 aliphatic heterocycles. The van der Waals surface area contributed by atoms with Gasteiger partial charge in [-0.05, 0) is 40.5 Å². The smallest absolute Gasteiger partial charge is 0.129 e. The monoisotopic (exact) mass is 320 g/mol. The lowest BCUT2D eigenvalue weighted by molar-refractivity contribution is 0.406. The highest BCUT2D eigenvalue weighted by atomic mass is 79.9. The van der Waals surface area contributed by atoms with Gasteiger partial charge in [-0.1, -0.05) is 25.1 Å². The highest BCUT2D eigenvalue weighted by Gasteiger charge is 2.14. The minimum Gasteiger partial charge on any atom is -0.496 e. The molecule has 1 unspecified atom stereocenters. The molecule has 100 valence electrons. The molecule has 2 rings (SSSR count). The van der Waals surface area contributed by atoms with Gasteiger partial charge in [-0.25, -0.2) is 4.98 Å². The van der Waals surface area contributed by atoms with Gasteiger partial charge in [0.05, 0.1) is 18.8 Å². The second-order valence-corrected chi connectivity index (χ2v) is 4.94. The maximum atomic E-state index is 5.43. The number of nitrogens with zero attached hydrogens (tertiary/aromatic N) is 1. The number of rotatable bonds is 5. The van der Waals surface area contributed by atoms with E-state index >= 15 is 0 Å². The first kappa shape index (κ1) is 13.9.